The number of rotatable bonds is 7. The first kappa shape index (κ1) is 19.8. The maximum absolute atomic E-state index is 12.2. The molecule has 0 aliphatic heterocycles. The van der Waals surface area contributed by atoms with E-state index in [9.17, 15) is 9.59 Å². The Kier molecular flexibility index (Phi) is 6.26. The number of nitrogens with one attached hydrogen (secondary N) is 1. The first-order valence-electron chi connectivity index (χ1n) is 9.05. The van der Waals surface area contributed by atoms with E-state index in [-0.39, 0.29) is 18.3 Å². The van der Waals surface area contributed by atoms with Gasteiger partial charge in [0, 0.05) is 18.4 Å². The summed E-state index contributed by atoms with van der Waals surface area (Å²) >= 11 is 1.21. The zero-order chi connectivity index (χ0) is 20.1. The van der Waals surface area contributed by atoms with Crippen molar-refractivity contribution in [2.75, 3.05) is 11.9 Å². The van der Waals surface area contributed by atoms with Gasteiger partial charge in [0.1, 0.15) is 4.88 Å². The number of benzene rings is 1. The van der Waals surface area contributed by atoms with Gasteiger partial charge in [-0.3, -0.25) is 4.79 Å². The summed E-state index contributed by atoms with van der Waals surface area (Å²) in [7, 11) is 0. The van der Waals surface area contributed by atoms with Gasteiger partial charge in [-0.1, -0.05) is 29.8 Å². The number of carbonyl (C=O) groups is 2. The lowest BCUT2D eigenvalue weighted by molar-refractivity contribution is -0.116. The van der Waals surface area contributed by atoms with Crippen LogP contribution in [0.25, 0.3) is 11.3 Å². The number of amides is 1. The Morgan fingerprint density at radius 2 is 1.96 bits per heavy atom. The van der Waals surface area contributed by atoms with Crippen molar-refractivity contribution in [2.45, 2.75) is 33.6 Å². The van der Waals surface area contributed by atoms with Crippen LogP contribution in [0.5, 0.6) is 0 Å². The highest BCUT2D eigenvalue weighted by atomic mass is 32.1. The molecule has 6 nitrogen and oxygen atoms in total. The summed E-state index contributed by atoms with van der Waals surface area (Å²) in [6, 6.07) is 9.76. The van der Waals surface area contributed by atoms with Crippen LogP contribution in [0.1, 0.15) is 40.0 Å². The normalized spacial score (nSPS) is 10.7. The molecule has 0 radical (unpaired) electrons. The van der Waals surface area contributed by atoms with E-state index in [2.05, 4.69) is 10.3 Å². The molecule has 0 atom stereocenters. The fraction of sp³-hybridized carbons (Fsp3) is 0.286. The van der Waals surface area contributed by atoms with Crippen molar-refractivity contribution in [3.63, 3.8) is 0 Å². The van der Waals surface area contributed by atoms with E-state index in [0.29, 0.717) is 34.6 Å². The van der Waals surface area contributed by atoms with E-state index < -0.39 is 0 Å². The highest BCUT2D eigenvalue weighted by Gasteiger charge is 2.16. The molecule has 0 spiro atoms. The largest absolute Gasteiger partial charge is 0.462 e. The molecule has 2 aromatic heterocycles. The van der Waals surface area contributed by atoms with E-state index in [4.69, 9.17) is 9.15 Å². The summed E-state index contributed by atoms with van der Waals surface area (Å²) in [5, 5.41) is 3.44. The van der Waals surface area contributed by atoms with Crippen molar-refractivity contribution in [3.8, 4) is 11.3 Å². The molecule has 0 aliphatic carbocycles. The molecule has 0 unspecified atom stereocenters. The zero-order valence-corrected chi connectivity index (χ0v) is 16.9. The number of ether oxygens (including phenoxy) is 1. The highest BCUT2D eigenvalue weighted by Crippen LogP contribution is 2.27. The lowest BCUT2D eigenvalue weighted by Crippen LogP contribution is -2.11. The summed E-state index contributed by atoms with van der Waals surface area (Å²) < 4.78 is 10.8. The molecule has 0 saturated carbocycles. The van der Waals surface area contributed by atoms with Crippen molar-refractivity contribution in [1.29, 1.82) is 0 Å². The van der Waals surface area contributed by atoms with Gasteiger partial charge in [-0.15, -0.1) is 11.3 Å². The van der Waals surface area contributed by atoms with Gasteiger partial charge < -0.3 is 14.5 Å². The highest BCUT2D eigenvalue weighted by molar-refractivity contribution is 7.18. The van der Waals surface area contributed by atoms with E-state index in [1.807, 2.05) is 38.1 Å². The molecule has 3 rings (SSSR count). The fourth-order valence-electron chi connectivity index (χ4n) is 2.64. The first-order valence-corrected chi connectivity index (χ1v) is 9.87. The number of esters is 1. The van der Waals surface area contributed by atoms with Gasteiger partial charge in [0.05, 0.1) is 17.8 Å². The standard InChI is InChI=1S/C21H22N2O4S/c1-4-26-21(25)20-14(3)11-19(28-20)23-17(24)9-10-18-22-12-16(27-18)15-7-5-13(2)6-8-15/h5-8,11-12H,4,9-10H2,1-3H3,(H,23,24). The second kappa shape index (κ2) is 8.84. The molecular weight excluding hydrogens is 376 g/mol. The van der Waals surface area contributed by atoms with Gasteiger partial charge in [-0.2, -0.15) is 0 Å². The topological polar surface area (TPSA) is 81.4 Å². The van der Waals surface area contributed by atoms with Crippen LogP contribution in [-0.2, 0) is 16.0 Å². The van der Waals surface area contributed by atoms with Crippen LogP contribution in [-0.4, -0.2) is 23.5 Å². The van der Waals surface area contributed by atoms with Crippen molar-refractivity contribution in [1.82, 2.24) is 4.98 Å². The summed E-state index contributed by atoms with van der Waals surface area (Å²) in [5.41, 5.74) is 2.92. The zero-order valence-electron chi connectivity index (χ0n) is 16.1. The third-order valence-corrected chi connectivity index (χ3v) is 5.23. The molecule has 0 aliphatic rings. The second-order valence-corrected chi connectivity index (χ2v) is 7.43. The third-order valence-electron chi connectivity index (χ3n) is 4.10. The maximum Gasteiger partial charge on any atom is 0.348 e. The van der Waals surface area contributed by atoms with E-state index in [1.165, 1.54) is 16.9 Å². The third kappa shape index (κ3) is 4.86. The number of hydrogen-bond donors (Lipinski definition) is 1. The van der Waals surface area contributed by atoms with Crippen molar-refractivity contribution in [3.05, 3.63) is 58.4 Å². The Balaban J connectivity index is 1.56. The molecule has 0 bridgehead atoms. The SMILES string of the molecule is CCOC(=O)c1sc(NC(=O)CCc2ncc(-c3ccc(C)cc3)o2)cc1C. The van der Waals surface area contributed by atoms with Crippen molar-refractivity contribution >= 4 is 28.2 Å². The molecule has 146 valence electrons. The molecule has 7 heteroatoms. The number of anilines is 1. The van der Waals surface area contributed by atoms with Gasteiger partial charge in [0.25, 0.3) is 0 Å². The molecule has 0 fully saturated rings. The van der Waals surface area contributed by atoms with Crippen LogP contribution < -0.4 is 5.32 Å². The van der Waals surface area contributed by atoms with Crippen molar-refractivity contribution < 1.29 is 18.7 Å². The van der Waals surface area contributed by atoms with Crippen LogP contribution in [0, 0.1) is 13.8 Å². The Morgan fingerprint density at radius 3 is 2.68 bits per heavy atom. The molecule has 2 heterocycles. The molecule has 3 aromatic rings. The number of aryl methyl sites for hydroxylation is 3. The smallest absolute Gasteiger partial charge is 0.348 e. The van der Waals surface area contributed by atoms with Gasteiger partial charge >= 0.3 is 5.97 Å². The van der Waals surface area contributed by atoms with Crippen LogP contribution >= 0.6 is 11.3 Å². The Bertz CT molecular complexity index is 973. The minimum absolute atomic E-state index is 0.160. The lowest BCUT2D eigenvalue weighted by atomic mass is 10.1. The van der Waals surface area contributed by atoms with E-state index in [1.54, 1.807) is 19.2 Å². The summed E-state index contributed by atoms with van der Waals surface area (Å²) in [5.74, 6) is 0.671. The van der Waals surface area contributed by atoms with Crippen LogP contribution in [0.15, 0.2) is 40.9 Å². The predicted octanol–water partition coefficient (Wildman–Crippen LogP) is 4.77. The predicted molar refractivity (Wildman–Crippen MR) is 109 cm³/mol. The van der Waals surface area contributed by atoms with Crippen LogP contribution in [0.2, 0.25) is 0 Å². The number of aromatic nitrogens is 1. The molecule has 1 amide bonds. The number of oxazole rings is 1. The van der Waals surface area contributed by atoms with Gasteiger partial charge in [-0.25, -0.2) is 9.78 Å². The molecule has 1 aromatic carbocycles. The summed E-state index contributed by atoms with van der Waals surface area (Å²) in [6.45, 7) is 5.92. The minimum atomic E-state index is -0.367. The molecule has 1 N–H and O–H groups in total. The lowest BCUT2D eigenvalue weighted by Gasteiger charge is -2.01. The average molecular weight is 398 g/mol. The van der Waals surface area contributed by atoms with Gasteiger partial charge in [0.15, 0.2) is 11.7 Å². The summed E-state index contributed by atoms with van der Waals surface area (Å²) in [6.07, 6.45) is 2.30. The second-order valence-electron chi connectivity index (χ2n) is 6.38. The Morgan fingerprint density at radius 1 is 1.21 bits per heavy atom. The van der Waals surface area contributed by atoms with Crippen LogP contribution in [0.3, 0.4) is 0 Å². The van der Waals surface area contributed by atoms with Gasteiger partial charge in [0.2, 0.25) is 5.91 Å². The molecule has 28 heavy (non-hydrogen) atoms. The molecule has 0 saturated heterocycles. The minimum Gasteiger partial charge on any atom is -0.462 e. The summed E-state index contributed by atoms with van der Waals surface area (Å²) in [4.78, 5) is 28.9. The number of hydrogen-bond acceptors (Lipinski definition) is 6. The quantitative estimate of drug-likeness (QED) is 0.580. The fourth-order valence-corrected chi connectivity index (χ4v) is 3.62. The monoisotopic (exact) mass is 398 g/mol. The number of nitrogens with zero attached hydrogens (tertiary/aromatic N) is 1. The maximum atomic E-state index is 12.2. The molecular formula is C21H22N2O4S. The number of thiophene rings is 1. The van der Waals surface area contributed by atoms with Gasteiger partial charge in [-0.05, 0) is 32.4 Å². The van der Waals surface area contributed by atoms with E-state index >= 15 is 0 Å². The first-order chi connectivity index (χ1) is 13.5. The van der Waals surface area contributed by atoms with E-state index in [0.717, 1.165) is 11.1 Å². The van der Waals surface area contributed by atoms with Crippen LogP contribution in [0.4, 0.5) is 5.00 Å². The average Bonchev–Trinajstić information content (AvgIpc) is 3.27. The Hall–Kier alpha value is -2.93. The van der Waals surface area contributed by atoms with Crippen molar-refractivity contribution in [2.24, 2.45) is 0 Å². The Labute approximate surface area is 167 Å². The number of carbonyl (C=O) groups excluding carboxylic acids is 2.